The topological polar surface area (TPSA) is 67.7 Å². The number of aromatic nitrogens is 4. The Labute approximate surface area is 195 Å². The van der Waals surface area contributed by atoms with Crippen LogP contribution in [-0.4, -0.2) is 19.5 Å². The van der Waals surface area contributed by atoms with Gasteiger partial charge in [0.05, 0.1) is 0 Å². The van der Waals surface area contributed by atoms with Crippen LogP contribution in [0.1, 0.15) is 37.7 Å². The smallest absolute Gasteiger partial charge is 0.229 e. The Morgan fingerprint density at radius 2 is 1.62 bits per heavy atom. The number of nitrogens with zero attached hydrogens (tertiary/aromatic N) is 4. The zero-order valence-corrected chi connectivity index (χ0v) is 19.9. The SMILES string of the molecule is Cc1cnc(Nc2ccc(-n3ccnc3C)cc2)nc1Nc1cccc(C(C)(C)C)c1.Cl. The highest BCUT2D eigenvalue weighted by molar-refractivity contribution is 5.85. The van der Waals surface area contributed by atoms with Crippen LogP contribution in [-0.2, 0) is 5.41 Å². The van der Waals surface area contributed by atoms with Gasteiger partial charge in [0.25, 0.3) is 0 Å². The fraction of sp³-hybridized carbons (Fsp3) is 0.240. The van der Waals surface area contributed by atoms with Crippen LogP contribution in [0.2, 0.25) is 0 Å². The van der Waals surface area contributed by atoms with Gasteiger partial charge in [0, 0.05) is 41.2 Å². The van der Waals surface area contributed by atoms with E-state index in [0.717, 1.165) is 34.3 Å². The fourth-order valence-corrected chi connectivity index (χ4v) is 3.31. The number of imidazole rings is 1. The second-order valence-electron chi connectivity index (χ2n) is 8.70. The highest BCUT2D eigenvalue weighted by Gasteiger charge is 2.14. The van der Waals surface area contributed by atoms with Gasteiger partial charge in [0.1, 0.15) is 11.6 Å². The van der Waals surface area contributed by atoms with Crippen LogP contribution in [0.4, 0.5) is 23.1 Å². The largest absolute Gasteiger partial charge is 0.340 e. The molecule has 0 amide bonds. The normalized spacial score (nSPS) is 11.0. The standard InChI is InChI=1S/C25H28N6.ClH/c1-17-16-27-24(29-20-9-11-22(12-10-20)31-14-13-26-18(31)2)30-23(17)28-21-8-6-7-19(15-21)25(3,4)5;/h6-16H,1-5H3,(H2,27,28,29,30);1H. The molecule has 4 rings (SSSR count). The molecule has 0 radical (unpaired) electrons. The monoisotopic (exact) mass is 448 g/mol. The van der Waals surface area contributed by atoms with Crippen LogP contribution in [0.3, 0.4) is 0 Å². The molecule has 0 saturated carbocycles. The molecule has 0 atom stereocenters. The maximum Gasteiger partial charge on any atom is 0.229 e. The minimum absolute atomic E-state index is 0. The van der Waals surface area contributed by atoms with E-state index >= 15 is 0 Å². The van der Waals surface area contributed by atoms with E-state index in [4.69, 9.17) is 4.98 Å². The molecule has 7 heteroatoms. The second-order valence-corrected chi connectivity index (χ2v) is 8.70. The average Bonchev–Trinajstić information content (AvgIpc) is 3.17. The fourth-order valence-electron chi connectivity index (χ4n) is 3.31. The van der Waals surface area contributed by atoms with Crippen molar-refractivity contribution >= 4 is 35.5 Å². The summed E-state index contributed by atoms with van der Waals surface area (Å²) in [5.74, 6) is 2.29. The third-order valence-corrected chi connectivity index (χ3v) is 5.19. The van der Waals surface area contributed by atoms with Crippen molar-refractivity contribution in [1.29, 1.82) is 0 Å². The molecule has 2 aromatic carbocycles. The number of anilines is 4. The van der Waals surface area contributed by atoms with Crippen LogP contribution >= 0.6 is 12.4 Å². The number of rotatable bonds is 5. The van der Waals surface area contributed by atoms with E-state index in [0.29, 0.717) is 5.95 Å². The van der Waals surface area contributed by atoms with Gasteiger partial charge in [0.15, 0.2) is 0 Å². The van der Waals surface area contributed by atoms with Crippen molar-refractivity contribution < 1.29 is 0 Å². The maximum absolute atomic E-state index is 4.69. The Morgan fingerprint density at radius 3 is 2.28 bits per heavy atom. The van der Waals surface area contributed by atoms with E-state index < -0.39 is 0 Å². The van der Waals surface area contributed by atoms with Crippen LogP contribution in [0.15, 0.2) is 67.1 Å². The van der Waals surface area contributed by atoms with Crippen molar-refractivity contribution in [2.24, 2.45) is 0 Å². The van der Waals surface area contributed by atoms with Crippen LogP contribution in [0, 0.1) is 13.8 Å². The Balaban J connectivity index is 0.00000289. The zero-order chi connectivity index (χ0) is 22.0. The lowest BCUT2D eigenvalue weighted by Gasteiger charge is -2.20. The summed E-state index contributed by atoms with van der Waals surface area (Å²) < 4.78 is 2.04. The van der Waals surface area contributed by atoms with Crippen molar-refractivity contribution in [2.45, 2.75) is 40.0 Å². The molecule has 0 saturated heterocycles. The van der Waals surface area contributed by atoms with Crippen molar-refractivity contribution in [2.75, 3.05) is 10.6 Å². The summed E-state index contributed by atoms with van der Waals surface area (Å²) in [5, 5.41) is 6.74. The first-order valence-electron chi connectivity index (χ1n) is 10.4. The summed E-state index contributed by atoms with van der Waals surface area (Å²) in [5.41, 5.74) is 5.35. The molecule has 0 aliphatic rings. The molecule has 2 aromatic heterocycles. The van der Waals surface area contributed by atoms with Crippen molar-refractivity contribution in [3.63, 3.8) is 0 Å². The predicted molar refractivity (Wildman–Crippen MR) is 134 cm³/mol. The van der Waals surface area contributed by atoms with E-state index in [9.17, 15) is 0 Å². The van der Waals surface area contributed by atoms with Gasteiger partial charge in [-0.15, -0.1) is 12.4 Å². The van der Waals surface area contributed by atoms with Gasteiger partial charge in [0.2, 0.25) is 5.95 Å². The van der Waals surface area contributed by atoms with Crippen LogP contribution in [0.5, 0.6) is 0 Å². The number of benzene rings is 2. The van der Waals surface area contributed by atoms with Crippen molar-refractivity contribution in [3.05, 3.63) is 84.1 Å². The third-order valence-electron chi connectivity index (χ3n) is 5.19. The zero-order valence-electron chi connectivity index (χ0n) is 19.0. The molecule has 2 heterocycles. The van der Waals surface area contributed by atoms with Gasteiger partial charge < -0.3 is 15.2 Å². The molecule has 32 heavy (non-hydrogen) atoms. The van der Waals surface area contributed by atoms with Gasteiger partial charge in [-0.1, -0.05) is 32.9 Å². The Morgan fingerprint density at radius 1 is 0.875 bits per heavy atom. The summed E-state index contributed by atoms with van der Waals surface area (Å²) in [6, 6.07) is 16.6. The molecule has 6 nitrogen and oxygen atoms in total. The molecular formula is C25H29ClN6. The molecule has 166 valence electrons. The minimum Gasteiger partial charge on any atom is -0.340 e. The van der Waals surface area contributed by atoms with Gasteiger partial charge in [-0.25, -0.2) is 9.97 Å². The molecule has 0 spiro atoms. The summed E-state index contributed by atoms with van der Waals surface area (Å²) >= 11 is 0. The predicted octanol–water partition coefficient (Wildman–Crippen LogP) is 6.49. The Kier molecular flexibility index (Phi) is 6.84. The number of halogens is 1. The lowest BCUT2D eigenvalue weighted by atomic mass is 9.87. The average molecular weight is 449 g/mol. The molecule has 0 fully saturated rings. The van der Waals surface area contributed by atoms with Gasteiger partial charge in [-0.2, -0.15) is 4.98 Å². The lowest BCUT2D eigenvalue weighted by Crippen LogP contribution is -2.11. The molecule has 0 unspecified atom stereocenters. The van der Waals surface area contributed by atoms with Crippen LogP contribution in [0.25, 0.3) is 5.69 Å². The first-order chi connectivity index (χ1) is 14.8. The lowest BCUT2D eigenvalue weighted by molar-refractivity contribution is 0.590. The van der Waals surface area contributed by atoms with Crippen LogP contribution < -0.4 is 10.6 Å². The Hall–Kier alpha value is -3.38. The molecule has 0 bridgehead atoms. The molecule has 4 aromatic rings. The van der Waals surface area contributed by atoms with Gasteiger partial charge >= 0.3 is 0 Å². The minimum atomic E-state index is 0. The van der Waals surface area contributed by atoms with Gasteiger partial charge in [-0.3, -0.25) is 0 Å². The summed E-state index contributed by atoms with van der Waals surface area (Å²) in [6.07, 6.45) is 5.58. The first kappa shape index (κ1) is 23.3. The third kappa shape index (κ3) is 5.26. The quantitative estimate of drug-likeness (QED) is 0.365. The molecule has 0 aliphatic heterocycles. The van der Waals surface area contributed by atoms with E-state index in [-0.39, 0.29) is 17.8 Å². The summed E-state index contributed by atoms with van der Waals surface area (Å²) in [6.45, 7) is 10.6. The maximum atomic E-state index is 4.69. The number of nitrogens with one attached hydrogen (secondary N) is 2. The number of hydrogen-bond acceptors (Lipinski definition) is 5. The van der Waals surface area contributed by atoms with Crippen molar-refractivity contribution in [3.8, 4) is 5.69 Å². The number of hydrogen-bond donors (Lipinski definition) is 2. The molecule has 2 N–H and O–H groups in total. The highest BCUT2D eigenvalue weighted by Crippen LogP contribution is 2.27. The van der Waals surface area contributed by atoms with E-state index in [1.807, 2.05) is 55.1 Å². The highest BCUT2D eigenvalue weighted by atomic mass is 35.5. The summed E-state index contributed by atoms with van der Waals surface area (Å²) in [4.78, 5) is 13.4. The Bertz CT molecular complexity index is 1190. The summed E-state index contributed by atoms with van der Waals surface area (Å²) in [7, 11) is 0. The second kappa shape index (κ2) is 9.40. The molecular weight excluding hydrogens is 420 g/mol. The first-order valence-corrected chi connectivity index (χ1v) is 10.4. The van der Waals surface area contributed by atoms with Gasteiger partial charge in [-0.05, 0) is 61.2 Å². The number of aryl methyl sites for hydroxylation is 2. The van der Waals surface area contributed by atoms with E-state index in [2.05, 4.69) is 65.6 Å². The van der Waals surface area contributed by atoms with Crippen molar-refractivity contribution in [1.82, 2.24) is 19.5 Å². The van der Waals surface area contributed by atoms with E-state index in [1.54, 1.807) is 6.20 Å². The van der Waals surface area contributed by atoms with E-state index in [1.165, 1.54) is 5.56 Å². The molecule has 0 aliphatic carbocycles.